The van der Waals surface area contributed by atoms with Crippen LogP contribution >= 0.6 is 11.6 Å². The maximum absolute atomic E-state index is 13.3. The Morgan fingerprint density at radius 3 is 2.50 bits per heavy atom. The quantitative estimate of drug-likeness (QED) is 0.435. The molecule has 214 valence electrons. The Balaban J connectivity index is 1.15. The normalized spacial score (nSPS) is 25.0. The molecule has 2 aliphatic heterocycles. The largest absolute Gasteiger partial charge is 0.489 e. The summed E-state index contributed by atoms with van der Waals surface area (Å²) in [5.41, 5.74) is 1.74. The first kappa shape index (κ1) is 28.9. The number of piperidine rings is 1. The van der Waals surface area contributed by atoms with Gasteiger partial charge in [-0.15, -0.1) is 0 Å². The van der Waals surface area contributed by atoms with Gasteiger partial charge in [0, 0.05) is 42.1 Å². The van der Waals surface area contributed by atoms with E-state index in [2.05, 4.69) is 60.2 Å². The second-order valence-corrected chi connectivity index (χ2v) is 13.2. The number of morpholine rings is 1. The highest BCUT2D eigenvalue weighted by Gasteiger charge is 2.64. The fourth-order valence-corrected chi connectivity index (χ4v) is 7.42. The zero-order valence-electron chi connectivity index (χ0n) is 24.1. The van der Waals surface area contributed by atoms with Gasteiger partial charge in [-0.2, -0.15) is 0 Å². The number of benzene rings is 2. The van der Waals surface area contributed by atoms with Crippen LogP contribution in [-0.4, -0.2) is 67.9 Å². The van der Waals surface area contributed by atoms with Gasteiger partial charge in [0.15, 0.2) is 0 Å². The summed E-state index contributed by atoms with van der Waals surface area (Å²) in [6.07, 6.45) is 2.99. The Hall–Kier alpha value is -2.63. The van der Waals surface area contributed by atoms with Crippen LogP contribution in [0.5, 0.6) is 5.75 Å². The van der Waals surface area contributed by atoms with E-state index in [9.17, 15) is 4.79 Å². The molecule has 5 rings (SSSR count). The van der Waals surface area contributed by atoms with E-state index in [1.165, 1.54) is 5.56 Å². The number of amides is 1. The summed E-state index contributed by atoms with van der Waals surface area (Å²) >= 11 is 6.22. The van der Waals surface area contributed by atoms with Crippen molar-refractivity contribution in [3.8, 4) is 5.75 Å². The number of carbonyl (C=O) groups excluding carboxylic acids is 1. The number of hydrogen-bond donors (Lipinski definition) is 2. The molecule has 3 fully saturated rings. The average Bonchev–Trinajstić information content (AvgIpc) is 2.94. The molecule has 1 spiro atoms. The third-order valence-corrected chi connectivity index (χ3v) is 9.49. The zero-order chi connectivity index (χ0) is 28.5. The third kappa shape index (κ3) is 5.73. The average molecular weight is 565 g/mol. The lowest BCUT2D eigenvalue weighted by molar-refractivity contribution is -0.164. The minimum absolute atomic E-state index is 0.0225. The van der Waals surface area contributed by atoms with Crippen LogP contribution in [0.15, 0.2) is 42.5 Å². The molecule has 0 bridgehead atoms. The lowest BCUT2D eigenvalue weighted by Crippen LogP contribution is -2.74. The summed E-state index contributed by atoms with van der Waals surface area (Å²) in [5.74, 6) is 0.563. The van der Waals surface area contributed by atoms with Crippen LogP contribution in [0.25, 0.3) is 4.85 Å². The molecular formula is C32H41ClN4O3. The molecule has 40 heavy (non-hydrogen) atoms. The molecule has 2 aromatic rings. The third-order valence-electron chi connectivity index (χ3n) is 9.18. The van der Waals surface area contributed by atoms with Gasteiger partial charge in [0.2, 0.25) is 5.69 Å². The van der Waals surface area contributed by atoms with Crippen LogP contribution in [0.4, 0.5) is 5.69 Å². The van der Waals surface area contributed by atoms with E-state index in [4.69, 9.17) is 27.6 Å². The maximum atomic E-state index is 13.3. The molecule has 2 saturated heterocycles. The first-order chi connectivity index (χ1) is 19.0. The molecule has 0 aromatic heterocycles. The number of halogens is 1. The van der Waals surface area contributed by atoms with E-state index < -0.39 is 0 Å². The molecule has 1 saturated carbocycles. The smallest absolute Gasteiger partial charge is 0.251 e. The molecule has 3 aliphatic rings. The lowest BCUT2D eigenvalue weighted by Gasteiger charge is -2.63. The van der Waals surface area contributed by atoms with Crippen molar-refractivity contribution in [3.05, 3.63) is 70.0 Å². The second kappa shape index (κ2) is 11.3. The van der Waals surface area contributed by atoms with Gasteiger partial charge in [-0.05, 0) is 62.2 Å². The van der Waals surface area contributed by atoms with E-state index >= 15 is 0 Å². The van der Waals surface area contributed by atoms with E-state index in [1.54, 1.807) is 18.2 Å². The zero-order valence-corrected chi connectivity index (χ0v) is 24.8. The van der Waals surface area contributed by atoms with Crippen molar-refractivity contribution in [2.75, 3.05) is 39.3 Å². The van der Waals surface area contributed by atoms with Crippen molar-refractivity contribution in [3.63, 3.8) is 0 Å². The molecule has 2 N–H and O–H groups in total. The minimum Gasteiger partial charge on any atom is -0.489 e. The molecule has 7 nitrogen and oxygen atoms in total. The highest BCUT2D eigenvalue weighted by atomic mass is 35.5. The van der Waals surface area contributed by atoms with Gasteiger partial charge in [0.05, 0.1) is 23.8 Å². The maximum Gasteiger partial charge on any atom is 0.251 e. The van der Waals surface area contributed by atoms with Gasteiger partial charge >= 0.3 is 0 Å². The molecule has 1 amide bonds. The van der Waals surface area contributed by atoms with Crippen LogP contribution in [0.1, 0.15) is 56.5 Å². The lowest BCUT2D eigenvalue weighted by atomic mass is 9.49. The number of nitrogens with zero attached hydrogens (tertiary/aromatic N) is 2. The van der Waals surface area contributed by atoms with Gasteiger partial charge in [-0.1, -0.05) is 57.5 Å². The predicted octanol–water partition coefficient (Wildman–Crippen LogP) is 5.50. The van der Waals surface area contributed by atoms with E-state index in [-0.39, 0.29) is 34.5 Å². The molecule has 0 radical (unpaired) electrons. The topological polar surface area (TPSA) is 67.2 Å². The summed E-state index contributed by atoms with van der Waals surface area (Å²) in [4.78, 5) is 19.2. The molecule has 1 aliphatic carbocycles. The first-order valence-corrected chi connectivity index (χ1v) is 14.7. The van der Waals surface area contributed by atoms with Crippen LogP contribution in [-0.2, 0) is 11.2 Å². The van der Waals surface area contributed by atoms with Crippen molar-refractivity contribution in [2.24, 2.45) is 10.8 Å². The number of rotatable bonds is 7. The first-order valence-electron chi connectivity index (χ1n) is 14.3. The highest BCUT2D eigenvalue weighted by Crippen LogP contribution is 2.55. The van der Waals surface area contributed by atoms with Crippen molar-refractivity contribution in [1.82, 2.24) is 15.5 Å². The standard InChI is InChI=1S/C32H41ClN4O3/c1-30(2)28(31(3,4)29(30)40-24-10-11-26(34-5)25(33)20-24)36-27(38)23-8-6-22(7-9-23)12-17-37-18-19-39-32(21-37)13-15-35-16-14-32/h6-11,20,28-29,35H,12-19,21H2,1-4H3,(H,36,38). The SMILES string of the molecule is [C-]#[N+]c1ccc(OC2C(C)(C)C(NC(=O)c3ccc(CCN4CCOC5(CCNCC5)C4)cc3)C2(C)C)cc1Cl. The van der Waals surface area contributed by atoms with Crippen LogP contribution in [0.2, 0.25) is 5.02 Å². The van der Waals surface area contributed by atoms with Crippen molar-refractivity contribution in [1.29, 1.82) is 0 Å². The highest BCUT2D eigenvalue weighted by molar-refractivity contribution is 6.33. The van der Waals surface area contributed by atoms with Crippen molar-refractivity contribution >= 4 is 23.2 Å². The molecule has 0 atom stereocenters. The van der Waals surface area contributed by atoms with Crippen LogP contribution in [0.3, 0.4) is 0 Å². The Kier molecular flexibility index (Phi) is 8.18. The van der Waals surface area contributed by atoms with Crippen LogP contribution < -0.4 is 15.4 Å². The van der Waals surface area contributed by atoms with E-state index in [0.717, 1.165) is 58.6 Å². The predicted molar refractivity (Wildman–Crippen MR) is 158 cm³/mol. The van der Waals surface area contributed by atoms with E-state index in [0.29, 0.717) is 22.0 Å². The van der Waals surface area contributed by atoms with Gasteiger partial charge in [-0.3, -0.25) is 9.69 Å². The fourth-order valence-electron chi connectivity index (χ4n) is 7.21. The number of ether oxygens (including phenoxy) is 2. The Morgan fingerprint density at radius 1 is 1.15 bits per heavy atom. The van der Waals surface area contributed by atoms with Crippen molar-refractivity contribution in [2.45, 2.75) is 64.7 Å². The van der Waals surface area contributed by atoms with E-state index in [1.807, 2.05) is 12.1 Å². The molecule has 2 aromatic carbocycles. The summed E-state index contributed by atoms with van der Waals surface area (Å²) in [6, 6.07) is 13.1. The van der Waals surface area contributed by atoms with Crippen molar-refractivity contribution < 1.29 is 14.3 Å². The Labute approximate surface area is 243 Å². The number of carbonyl (C=O) groups is 1. The number of nitrogens with one attached hydrogen (secondary N) is 2. The molecule has 8 heteroatoms. The minimum atomic E-state index is -0.298. The molecule has 2 heterocycles. The second-order valence-electron chi connectivity index (χ2n) is 12.8. The molecule has 0 unspecified atom stereocenters. The summed E-state index contributed by atoms with van der Waals surface area (Å²) in [5, 5.41) is 7.10. The van der Waals surface area contributed by atoms with Gasteiger partial charge in [0.1, 0.15) is 11.9 Å². The summed E-state index contributed by atoms with van der Waals surface area (Å²) in [6.45, 7) is 21.5. The van der Waals surface area contributed by atoms with Crippen LogP contribution in [0, 0.1) is 17.4 Å². The summed E-state index contributed by atoms with van der Waals surface area (Å²) < 4.78 is 12.6. The van der Waals surface area contributed by atoms with Gasteiger partial charge in [-0.25, -0.2) is 4.85 Å². The Bertz CT molecular complexity index is 1240. The number of hydrogen-bond acceptors (Lipinski definition) is 5. The monoisotopic (exact) mass is 564 g/mol. The summed E-state index contributed by atoms with van der Waals surface area (Å²) in [7, 11) is 0. The van der Waals surface area contributed by atoms with Gasteiger partial charge < -0.3 is 20.1 Å². The molecular weight excluding hydrogens is 524 g/mol. The van der Waals surface area contributed by atoms with Gasteiger partial charge in [0.25, 0.3) is 5.91 Å². The Morgan fingerprint density at radius 2 is 1.85 bits per heavy atom. The fraction of sp³-hybridized carbons (Fsp3) is 0.562.